The molecule has 2 rings (SSSR count). The van der Waals surface area contributed by atoms with Gasteiger partial charge in [-0.05, 0) is 32.6 Å². The second kappa shape index (κ2) is 5.67. The molecule has 0 amide bonds. The first-order valence-corrected chi connectivity index (χ1v) is 6.91. The number of nitrogens with zero attached hydrogens (tertiary/aromatic N) is 2. The van der Waals surface area contributed by atoms with Crippen molar-refractivity contribution in [3.05, 3.63) is 18.2 Å². The topological polar surface area (TPSA) is 29.9 Å². The lowest BCUT2D eigenvalue weighted by atomic mass is 9.87. The number of aromatic nitrogens is 2. The van der Waals surface area contributed by atoms with Gasteiger partial charge in [0.2, 0.25) is 0 Å². The predicted octanol–water partition coefficient (Wildman–Crippen LogP) is 3.13. The van der Waals surface area contributed by atoms with Gasteiger partial charge in [0.05, 0.1) is 12.0 Å². The SMILES string of the molecule is CC1CCCC(NCc2cncn2C(C)C)C1. The molecule has 3 nitrogen and oxygen atoms in total. The fourth-order valence-corrected chi connectivity index (χ4v) is 2.80. The standard InChI is InChI=1S/C14H25N3/c1-11(2)17-10-15-8-14(17)9-16-13-6-4-5-12(3)7-13/h8,10-13,16H,4-7,9H2,1-3H3. The van der Waals surface area contributed by atoms with Crippen LogP contribution in [-0.2, 0) is 6.54 Å². The zero-order chi connectivity index (χ0) is 12.3. The molecule has 1 aromatic heterocycles. The molecule has 1 saturated carbocycles. The molecule has 2 unspecified atom stereocenters. The Kier molecular flexibility index (Phi) is 4.21. The van der Waals surface area contributed by atoms with Crippen LogP contribution in [-0.4, -0.2) is 15.6 Å². The number of hydrogen-bond acceptors (Lipinski definition) is 2. The highest BCUT2D eigenvalue weighted by Crippen LogP contribution is 2.23. The van der Waals surface area contributed by atoms with Gasteiger partial charge < -0.3 is 9.88 Å². The van der Waals surface area contributed by atoms with E-state index in [2.05, 4.69) is 35.6 Å². The summed E-state index contributed by atoms with van der Waals surface area (Å²) in [6.07, 6.45) is 9.37. The minimum absolute atomic E-state index is 0.500. The van der Waals surface area contributed by atoms with Crippen molar-refractivity contribution in [1.82, 2.24) is 14.9 Å². The summed E-state index contributed by atoms with van der Waals surface area (Å²) in [5.41, 5.74) is 1.30. The lowest BCUT2D eigenvalue weighted by Gasteiger charge is -2.27. The van der Waals surface area contributed by atoms with E-state index in [1.807, 2.05) is 12.5 Å². The molecule has 0 spiro atoms. The summed E-state index contributed by atoms with van der Waals surface area (Å²) < 4.78 is 2.25. The highest BCUT2D eigenvalue weighted by Gasteiger charge is 2.18. The zero-order valence-electron chi connectivity index (χ0n) is 11.3. The van der Waals surface area contributed by atoms with Crippen molar-refractivity contribution in [3.8, 4) is 0 Å². The van der Waals surface area contributed by atoms with Gasteiger partial charge in [-0.25, -0.2) is 4.98 Å². The van der Waals surface area contributed by atoms with Crippen molar-refractivity contribution in [2.75, 3.05) is 0 Å². The van der Waals surface area contributed by atoms with Gasteiger partial charge >= 0.3 is 0 Å². The van der Waals surface area contributed by atoms with Crippen LogP contribution in [0.5, 0.6) is 0 Å². The molecule has 1 aromatic rings. The molecule has 3 heteroatoms. The summed E-state index contributed by atoms with van der Waals surface area (Å²) in [7, 11) is 0. The van der Waals surface area contributed by atoms with Gasteiger partial charge in [-0.1, -0.05) is 19.8 Å². The zero-order valence-corrected chi connectivity index (χ0v) is 11.3. The Morgan fingerprint density at radius 3 is 3.00 bits per heavy atom. The van der Waals surface area contributed by atoms with Crippen LogP contribution >= 0.6 is 0 Å². The van der Waals surface area contributed by atoms with Crippen LogP contribution in [0.1, 0.15) is 58.2 Å². The monoisotopic (exact) mass is 235 g/mol. The number of hydrogen-bond donors (Lipinski definition) is 1. The third-order valence-electron chi connectivity index (χ3n) is 3.81. The van der Waals surface area contributed by atoms with Crippen LogP contribution < -0.4 is 5.32 Å². The average Bonchev–Trinajstić information content (AvgIpc) is 2.74. The van der Waals surface area contributed by atoms with E-state index in [9.17, 15) is 0 Å². The van der Waals surface area contributed by atoms with E-state index >= 15 is 0 Å². The first-order chi connectivity index (χ1) is 8.16. The van der Waals surface area contributed by atoms with E-state index in [0.717, 1.165) is 12.5 Å². The summed E-state index contributed by atoms with van der Waals surface area (Å²) in [5, 5.41) is 3.69. The van der Waals surface area contributed by atoms with Crippen LogP contribution in [0.3, 0.4) is 0 Å². The molecule has 1 aliphatic rings. The first kappa shape index (κ1) is 12.6. The van der Waals surface area contributed by atoms with Crippen molar-refractivity contribution in [1.29, 1.82) is 0 Å². The summed E-state index contributed by atoms with van der Waals surface area (Å²) >= 11 is 0. The van der Waals surface area contributed by atoms with Gasteiger partial charge in [0, 0.05) is 24.8 Å². The van der Waals surface area contributed by atoms with Gasteiger partial charge in [0.15, 0.2) is 0 Å². The van der Waals surface area contributed by atoms with Gasteiger partial charge in [-0.15, -0.1) is 0 Å². The van der Waals surface area contributed by atoms with Crippen LogP contribution in [0, 0.1) is 5.92 Å². The second-order valence-electron chi connectivity index (χ2n) is 5.74. The van der Waals surface area contributed by atoms with Gasteiger partial charge in [0.25, 0.3) is 0 Å². The largest absolute Gasteiger partial charge is 0.331 e. The first-order valence-electron chi connectivity index (χ1n) is 6.91. The van der Waals surface area contributed by atoms with E-state index in [0.29, 0.717) is 12.1 Å². The molecule has 0 aliphatic heterocycles. The molecule has 0 bridgehead atoms. The van der Waals surface area contributed by atoms with E-state index in [-0.39, 0.29) is 0 Å². The van der Waals surface area contributed by atoms with Gasteiger partial charge in [0.1, 0.15) is 0 Å². The van der Waals surface area contributed by atoms with E-state index in [4.69, 9.17) is 0 Å². The van der Waals surface area contributed by atoms with Gasteiger partial charge in [-0.2, -0.15) is 0 Å². The Morgan fingerprint density at radius 2 is 2.29 bits per heavy atom. The summed E-state index contributed by atoms with van der Waals surface area (Å²) in [4.78, 5) is 4.25. The highest BCUT2D eigenvalue weighted by atomic mass is 15.1. The lowest BCUT2D eigenvalue weighted by Crippen LogP contribution is -2.33. The lowest BCUT2D eigenvalue weighted by molar-refractivity contribution is 0.298. The van der Waals surface area contributed by atoms with E-state index in [1.54, 1.807) is 0 Å². The maximum Gasteiger partial charge on any atom is 0.0951 e. The second-order valence-corrected chi connectivity index (χ2v) is 5.74. The smallest absolute Gasteiger partial charge is 0.0951 e. The maximum atomic E-state index is 4.25. The number of rotatable bonds is 4. The van der Waals surface area contributed by atoms with Crippen LogP contribution in [0.4, 0.5) is 0 Å². The summed E-state index contributed by atoms with van der Waals surface area (Å²) in [6, 6.07) is 1.20. The van der Waals surface area contributed by atoms with E-state index in [1.165, 1.54) is 31.4 Å². The number of nitrogens with one attached hydrogen (secondary N) is 1. The quantitative estimate of drug-likeness (QED) is 0.869. The third kappa shape index (κ3) is 3.32. The van der Waals surface area contributed by atoms with Crippen molar-refractivity contribution >= 4 is 0 Å². The molecule has 1 fully saturated rings. The molecule has 17 heavy (non-hydrogen) atoms. The highest BCUT2D eigenvalue weighted by molar-refractivity contribution is 5.00. The summed E-state index contributed by atoms with van der Waals surface area (Å²) in [6.45, 7) is 7.73. The molecule has 0 saturated heterocycles. The van der Waals surface area contributed by atoms with Crippen LogP contribution in [0.25, 0.3) is 0 Å². The molecule has 1 heterocycles. The third-order valence-corrected chi connectivity index (χ3v) is 3.81. The predicted molar refractivity (Wildman–Crippen MR) is 70.9 cm³/mol. The molecule has 96 valence electrons. The fourth-order valence-electron chi connectivity index (χ4n) is 2.80. The molecule has 0 radical (unpaired) electrons. The molecule has 0 aromatic carbocycles. The summed E-state index contributed by atoms with van der Waals surface area (Å²) in [5.74, 6) is 0.885. The number of imidazole rings is 1. The average molecular weight is 235 g/mol. The van der Waals surface area contributed by atoms with Crippen LogP contribution in [0.2, 0.25) is 0 Å². The molecule has 1 N–H and O–H groups in total. The normalized spacial score (nSPS) is 25.4. The molecule has 1 aliphatic carbocycles. The van der Waals surface area contributed by atoms with Crippen molar-refractivity contribution < 1.29 is 0 Å². The minimum atomic E-state index is 0.500. The van der Waals surface area contributed by atoms with Crippen molar-refractivity contribution in [2.24, 2.45) is 5.92 Å². The molecular formula is C14H25N3. The Hall–Kier alpha value is -0.830. The Labute approximate surface area is 105 Å². The minimum Gasteiger partial charge on any atom is -0.331 e. The fraction of sp³-hybridized carbons (Fsp3) is 0.786. The molecule has 2 atom stereocenters. The van der Waals surface area contributed by atoms with Crippen LogP contribution in [0.15, 0.2) is 12.5 Å². The van der Waals surface area contributed by atoms with Crippen molar-refractivity contribution in [2.45, 2.75) is 65.1 Å². The van der Waals surface area contributed by atoms with Crippen molar-refractivity contribution in [3.63, 3.8) is 0 Å². The maximum absolute atomic E-state index is 4.25. The van der Waals surface area contributed by atoms with Gasteiger partial charge in [-0.3, -0.25) is 0 Å². The Balaban J connectivity index is 1.86. The Morgan fingerprint density at radius 1 is 1.47 bits per heavy atom. The molecular weight excluding hydrogens is 210 g/mol. The Bertz CT molecular complexity index is 343. The van der Waals surface area contributed by atoms with E-state index < -0.39 is 0 Å².